The van der Waals surface area contributed by atoms with Gasteiger partial charge < -0.3 is 10.2 Å². The SMILES string of the molecule is Oc1c2c(c(O)n1-c1ccccc1)CC(c1ccccc1)=CC2. The van der Waals surface area contributed by atoms with Crippen LogP contribution in [0, 0.1) is 0 Å². The summed E-state index contributed by atoms with van der Waals surface area (Å²) in [6, 6.07) is 19.6. The van der Waals surface area contributed by atoms with E-state index in [9.17, 15) is 10.2 Å². The number of nitrogens with zero attached hydrogens (tertiary/aromatic N) is 1. The fraction of sp³-hybridized carbons (Fsp3) is 0.100. The molecule has 4 rings (SSSR count). The minimum absolute atomic E-state index is 0.130. The largest absolute Gasteiger partial charge is 0.494 e. The van der Waals surface area contributed by atoms with E-state index in [1.54, 1.807) is 0 Å². The Labute approximate surface area is 134 Å². The van der Waals surface area contributed by atoms with E-state index in [4.69, 9.17) is 0 Å². The van der Waals surface area contributed by atoms with Crippen molar-refractivity contribution < 1.29 is 10.2 Å². The van der Waals surface area contributed by atoms with Crippen LogP contribution in [-0.2, 0) is 12.8 Å². The number of allylic oxidation sites excluding steroid dienone is 2. The first-order valence-electron chi connectivity index (χ1n) is 7.70. The first-order valence-corrected chi connectivity index (χ1v) is 7.70. The molecule has 0 amide bonds. The molecule has 23 heavy (non-hydrogen) atoms. The van der Waals surface area contributed by atoms with Gasteiger partial charge in [0.25, 0.3) is 0 Å². The van der Waals surface area contributed by atoms with Crippen LogP contribution in [0.25, 0.3) is 11.3 Å². The monoisotopic (exact) mass is 303 g/mol. The van der Waals surface area contributed by atoms with Gasteiger partial charge in [-0.25, -0.2) is 0 Å². The zero-order valence-electron chi connectivity index (χ0n) is 12.6. The summed E-state index contributed by atoms with van der Waals surface area (Å²) in [7, 11) is 0. The molecule has 2 N–H and O–H groups in total. The van der Waals surface area contributed by atoms with E-state index in [-0.39, 0.29) is 11.8 Å². The van der Waals surface area contributed by atoms with Crippen LogP contribution in [0.15, 0.2) is 66.7 Å². The zero-order valence-corrected chi connectivity index (χ0v) is 12.6. The zero-order chi connectivity index (χ0) is 15.8. The second-order valence-corrected chi connectivity index (χ2v) is 5.75. The second-order valence-electron chi connectivity index (χ2n) is 5.75. The summed E-state index contributed by atoms with van der Waals surface area (Å²) in [5.41, 5.74) is 4.72. The van der Waals surface area contributed by atoms with Gasteiger partial charge in [0.1, 0.15) is 0 Å². The summed E-state index contributed by atoms with van der Waals surface area (Å²) >= 11 is 0. The molecule has 3 aromatic rings. The first-order chi connectivity index (χ1) is 11.3. The lowest BCUT2D eigenvalue weighted by molar-refractivity contribution is 0.400. The highest BCUT2D eigenvalue weighted by atomic mass is 16.3. The molecule has 1 aromatic heterocycles. The molecule has 1 heterocycles. The predicted octanol–water partition coefficient (Wildman–Crippen LogP) is 4.07. The smallest absolute Gasteiger partial charge is 0.202 e. The van der Waals surface area contributed by atoms with Crippen molar-refractivity contribution in [3.05, 3.63) is 83.4 Å². The van der Waals surface area contributed by atoms with E-state index in [2.05, 4.69) is 18.2 Å². The highest BCUT2D eigenvalue weighted by molar-refractivity contribution is 5.73. The fourth-order valence-electron chi connectivity index (χ4n) is 3.22. The van der Waals surface area contributed by atoms with Crippen LogP contribution in [0.4, 0.5) is 0 Å². The molecule has 3 nitrogen and oxygen atoms in total. The van der Waals surface area contributed by atoms with Gasteiger partial charge in [0.2, 0.25) is 11.8 Å². The van der Waals surface area contributed by atoms with Crippen molar-refractivity contribution in [1.29, 1.82) is 0 Å². The summed E-state index contributed by atoms with van der Waals surface area (Å²) in [5, 5.41) is 21.2. The molecule has 0 unspecified atom stereocenters. The maximum atomic E-state index is 10.6. The van der Waals surface area contributed by atoms with E-state index in [0.717, 1.165) is 22.4 Å². The minimum Gasteiger partial charge on any atom is -0.494 e. The van der Waals surface area contributed by atoms with Crippen molar-refractivity contribution in [2.24, 2.45) is 0 Å². The molecule has 0 atom stereocenters. The Morgan fingerprint density at radius 2 is 1.35 bits per heavy atom. The van der Waals surface area contributed by atoms with Gasteiger partial charge in [-0.1, -0.05) is 54.6 Å². The van der Waals surface area contributed by atoms with Crippen LogP contribution in [-0.4, -0.2) is 14.8 Å². The van der Waals surface area contributed by atoms with Gasteiger partial charge in [-0.2, -0.15) is 0 Å². The molecule has 0 spiro atoms. The Balaban J connectivity index is 1.78. The Hall–Kier alpha value is -2.94. The van der Waals surface area contributed by atoms with Crippen LogP contribution in [0.5, 0.6) is 11.8 Å². The molecular formula is C20H17NO2. The minimum atomic E-state index is 0.130. The number of aromatic nitrogens is 1. The number of rotatable bonds is 2. The van der Waals surface area contributed by atoms with Gasteiger partial charge in [0, 0.05) is 17.5 Å². The maximum Gasteiger partial charge on any atom is 0.202 e. The van der Waals surface area contributed by atoms with Crippen molar-refractivity contribution in [3.63, 3.8) is 0 Å². The molecule has 1 aliphatic carbocycles. The number of para-hydroxylation sites is 1. The number of benzene rings is 2. The predicted molar refractivity (Wildman–Crippen MR) is 90.9 cm³/mol. The van der Waals surface area contributed by atoms with Crippen LogP contribution in [0.1, 0.15) is 16.7 Å². The van der Waals surface area contributed by atoms with Crippen molar-refractivity contribution in [2.75, 3.05) is 0 Å². The lowest BCUT2D eigenvalue weighted by Gasteiger charge is -2.14. The molecule has 0 radical (unpaired) electrons. The first kappa shape index (κ1) is 13.7. The molecule has 2 aromatic carbocycles. The molecule has 0 saturated heterocycles. The maximum absolute atomic E-state index is 10.6. The summed E-state index contributed by atoms with van der Waals surface area (Å²) in [5.74, 6) is 0.261. The lowest BCUT2D eigenvalue weighted by atomic mass is 9.90. The van der Waals surface area contributed by atoms with Crippen molar-refractivity contribution >= 4 is 5.57 Å². The van der Waals surface area contributed by atoms with Crippen LogP contribution >= 0.6 is 0 Å². The molecule has 0 fully saturated rings. The van der Waals surface area contributed by atoms with Crippen molar-refractivity contribution in [1.82, 2.24) is 4.57 Å². The topological polar surface area (TPSA) is 45.4 Å². The van der Waals surface area contributed by atoms with E-state index in [0.29, 0.717) is 12.8 Å². The van der Waals surface area contributed by atoms with Gasteiger partial charge in [0.15, 0.2) is 0 Å². The van der Waals surface area contributed by atoms with Gasteiger partial charge in [-0.15, -0.1) is 0 Å². The number of hydrogen-bond donors (Lipinski definition) is 2. The molecule has 3 heteroatoms. The Kier molecular flexibility index (Phi) is 3.19. The third-order valence-corrected chi connectivity index (χ3v) is 4.41. The average molecular weight is 303 g/mol. The van der Waals surface area contributed by atoms with Gasteiger partial charge in [-0.3, -0.25) is 4.57 Å². The number of hydrogen-bond acceptors (Lipinski definition) is 2. The van der Waals surface area contributed by atoms with Crippen LogP contribution < -0.4 is 0 Å². The highest BCUT2D eigenvalue weighted by Crippen LogP contribution is 2.42. The molecular weight excluding hydrogens is 286 g/mol. The fourth-order valence-corrected chi connectivity index (χ4v) is 3.22. The molecule has 1 aliphatic rings. The van der Waals surface area contributed by atoms with E-state index >= 15 is 0 Å². The summed E-state index contributed by atoms with van der Waals surface area (Å²) in [4.78, 5) is 0. The highest BCUT2D eigenvalue weighted by Gasteiger charge is 2.26. The number of fused-ring (bicyclic) bond motifs is 1. The molecule has 0 bridgehead atoms. The molecule has 0 aliphatic heterocycles. The third kappa shape index (κ3) is 2.21. The van der Waals surface area contributed by atoms with Gasteiger partial charge in [0.05, 0.1) is 5.69 Å². The van der Waals surface area contributed by atoms with Crippen molar-refractivity contribution in [2.45, 2.75) is 12.8 Å². The van der Waals surface area contributed by atoms with Gasteiger partial charge in [-0.05, 0) is 29.7 Å². The summed E-state index contributed by atoms with van der Waals surface area (Å²) in [6.45, 7) is 0. The molecule has 114 valence electrons. The third-order valence-electron chi connectivity index (χ3n) is 4.41. The Morgan fingerprint density at radius 3 is 2.04 bits per heavy atom. The van der Waals surface area contributed by atoms with Crippen molar-refractivity contribution in [3.8, 4) is 17.4 Å². The van der Waals surface area contributed by atoms with Crippen LogP contribution in [0.2, 0.25) is 0 Å². The van der Waals surface area contributed by atoms with E-state index in [1.165, 1.54) is 10.1 Å². The van der Waals surface area contributed by atoms with E-state index in [1.807, 2.05) is 48.5 Å². The molecule has 0 saturated carbocycles. The second kappa shape index (κ2) is 5.36. The van der Waals surface area contributed by atoms with Gasteiger partial charge >= 0.3 is 0 Å². The Bertz CT molecular complexity index is 877. The van der Waals surface area contributed by atoms with Crippen LogP contribution in [0.3, 0.4) is 0 Å². The normalized spacial score (nSPS) is 13.5. The van der Waals surface area contributed by atoms with E-state index < -0.39 is 0 Å². The summed E-state index contributed by atoms with van der Waals surface area (Å²) < 4.78 is 1.52. The average Bonchev–Trinajstić information content (AvgIpc) is 2.87. The lowest BCUT2D eigenvalue weighted by Crippen LogP contribution is -2.00. The Morgan fingerprint density at radius 1 is 0.739 bits per heavy atom. The quantitative estimate of drug-likeness (QED) is 0.749. The summed E-state index contributed by atoms with van der Waals surface area (Å²) in [6.07, 6.45) is 3.38. The standard InChI is InChI=1S/C20H17NO2/c22-19-17-12-11-15(14-7-3-1-4-8-14)13-18(17)20(23)21(19)16-9-5-2-6-10-16/h1-11,22-23H,12-13H2. The number of aromatic hydroxyl groups is 2.